The Morgan fingerprint density at radius 3 is 2.50 bits per heavy atom. The maximum Gasteiger partial charge on any atom is 0.243 e. The van der Waals surface area contributed by atoms with Gasteiger partial charge in [0.05, 0.1) is 5.88 Å². The van der Waals surface area contributed by atoms with E-state index in [0.29, 0.717) is 18.1 Å². The molecule has 0 aromatic rings. The third-order valence-corrected chi connectivity index (χ3v) is 3.63. The van der Waals surface area contributed by atoms with E-state index in [-0.39, 0.29) is 29.3 Å². The summed E-state index contributed by atoms with van der Waals surface area (Å²) in [5.74, 6) is 1.38. The quantitative estimate of drug-likeness (QED) is 0.853. The van der Waals surface area contributed by atoms with Crippen molar-refractivity contribution in [3.8, 4) is 0 Å². The molecular weight excluding hydrogens is 248 g/mol. The number of hydrogen-bond donors (Lipinski definition) is 1. The number of rotatable bonds is 3. The van der Waals surface area contributed by atoms with Gasteiger partial charge in [0.25, 0.3) is 0 Å². The summed E-state index contributed by atoms with van der Waals surface area (Å²) in [6, 6.07) is -0.185. The lowest BCUT2D eigenvalue weighted by atomic mass is 9.91. The first kappa shape index (κ1) is 15.3. The van der Waals surface area contributed by atoms with E-state index in [1.807, 2.05) is 34.6 Å². The fourth-order valence-electron chi connectivity index (χ4n) is 1.84. The van der Waals surface area contributed by atoms with Crippen molar-refractivity contribution in [2.45, 2.75) is 53.1 Å². The second-order valence-electron chi connectivity index (χ2n) is 6.28. The molecule has 1 rings (SSSR count). The summed E-state index contributed by atoms with van der Waals surface area (Å²) in [5, 5.41) is 2.89. The highest BCUT2D eigenvalue weighted by Crippen LogP contribution is 2.26. The van der Waals surface area contributed by atoms with Gasteiger partial charge in [0.2, 0.25) is 11.8 Å². The second-order valence-corrected chi connectivity index (χ2v) is 7.28. The maximum absolute atomic E-state index is 12.2. The van der Waals surface area contributed by atoms with Gasteiger partial charge in [-0.1, -0.05) is 20.8 Å². The zero-order chi connectivity index (χ0) is 13.9. The van der Waals surface area contributed by atoms with Crippen molar-refractivity contribution in [2.75, 3.05) is 11.6 Å². The predicted octanol–water partition coefficient (Wildman–Crippen LogP) is 1.85. The number of nitrogens with one attached hydrogen (secondary N) is 1. The zero-order valence-corrected chi connectivity index (χ0v) is 12.8. The highest BCUT2D eigenvalue weighted by atomic mass is 32.2. The van der Waals surface area contributed by atoms with Crippen LogP contribution in [-0.2, 0) is 9.59 Å². The second kappa shape index (κ2) is 5.95. The normalized spacial score (nSPS) is 20.3. The van der Waals surface area contributed by atoms with E-state index < -0.39 is 0 Å². The molecule has 18 heavy (non-hydrogen) atoms. The first-order valence-electron chi connectivity index (χ1n) is 6.38. The van der Waals surface area contributed by atoms with Crippen LogP contribution in [-0.4, -0.2) is 40.4 Å². The Hall–Kier alpha value is -0.710. The van der Waals surface area contributed by atoms with Crippen LogP contribution in [0.5, 0.6) is 0 Å². The molecular formula is C13H24N2O2S. The highest BCUT2D eigenvalue weighted by Gasteiger charge is 2.35. The summed E-state index contributed by atoms with van der Waals surface area (Å²) < 4.78 is 0. The fraction of sp³-hybridized carbons (Fsp3) is 0.846. The molecule has 0 saturated carbocycles. The number of carbonyl (C=O) groups is 2. The smallest absolute Gasteiger partial charge is 0.243 e. The Bertz CT molecular complexity index is 323. The monoisotopic (exact) mass is 272 g/mol. The van der Waals surface area contributed by atoms with E-state index in [4.69, 9.17) is 0 Å². The summed E-state index contributed by atoms with van der Waals surface area (Å²) >= 11 is 1.64. The van der Waals surface area contributed by atoms with Crippen LogP contribution in [0, 0.1) is 5.41 Å². The van der Waals surface area contributed by atoms with Crippen molar-refractivity contribution >= 4 is 23.6 Å². The van der Waals surface area contributed by atoms with E-state index >= 15 is 0 Å². The molecule has 1 fully saturated rings. The minimum Gasteiger partial charge on any atom is -0.352 e. The van der Waals surface area contributed by atoms with Crippen LogP contribution in [0.2, 0.25) is 0 Å². The lowest BCUT2D eigenvalue weighted by Crippen LogP contribution is -2.49. The van der Waals surface area contributed by atoms with Crippen molar-refractivity contribution in [2.24, 2.45) is 5.41 Å². The molecule has 0 spiro atoms. The lowest BCUT2D eigenvalue weighted by Gasteiger charge is -2.27. The van der Waals surface area contributed by atoms with Gasteiger partial charge in [0.15, 0.2) is 0 Å². The molecule has 4 nitrogen and oxygen atoms in total. The Morgan fingerprint density at radius 2 is 2.00 bits per heavy atom. The summed E-state index contributed by atoms with van der Waals surface area (Å²) in [4.78, 5) is 25.9. The number of amides is 2. The number of carbonyl (C=O) groups excluding carboxylic acids is 2. The molecule has 1 N–H and O–H groups in total. The molecule has 0 unspecified atom stereocenters. The Balaban J connectivity index is 2.64. The predicted molar refractivity (Wildman–Crippen MR) is 75.3 cm³/mol. The van der Waals surface area contributed by atoms with Gasteiger partial charge in [-0.3, -0.25) is 9.59 Å². The molecule has 0 aromatic heterocycles. The molecule has 104 valence electrons. The molecule has 1 atom stereocenters. The van der Waals surface area contributed by atoms with Gasteiger partial charge in [-0.25, -0.2) is 0 Å². The van der Waals surface area contributed by atoms with Crippen LogP contribution in [0.1, 0.15) is 41.0 Å². The molecule has 2 amide bonds. The zero-order valence-electron chi connectivity index (χ0n) is 11.9. The van der Waals surface area contributed by atoms with E-state index in [0.717, 1.165) is 0 Å². The number of hydrogen-bond acceptors (Lipinski definition) is 3. The van der Waals surface area contributed by atoms with Gasteiger partial charge >= 0.3 is 0 Å². The Morgan fingerprint density at radius 1 is 1.39 bits per heavy atom. The molecule has 0 radical (unpaired) electrons. The van der Waals surface area contributed by atoms with Gasteiger partial charge in [-0.15, -0.1) is 11.8 Å². The SMILES string of the molecule is CC(C)NC(=O)[C@@H]1CSCN1C(=O)CC(C)(C)C. The Labute approximate surface area is 114 Å². The van der Waals surface area contributed by atoms with Crippen molar-refractivity contribution in [3.05, 3.63) is 0 Å². The molecule has 0 bridgehead atoms. The summed E-state index contributed by atoms with van der Waals surface area (Å²) in [6.45, 7) is 9.98. The first-order chi connectivity index (χ1) is 8.20. The topological polar surface area (TPSA) is 49.4 Å². The third-order valence-electron chi connectivity index (χ3n) is 2.62. The molecule has 1 heterocycles. The minimum atomic E-state index is -0.299. The number of thioether (sulfide) groups is 1. The molecule has 5 heteroatoms. The van der Waals surface area contributed by atoms with Crippen LogP contribution in [0.15, 0.2) is 0 Å². The Kier molecular flexibility index (Phi) is 5.08. The number of nitrogens with zero attached hydrogens (tertiary/aromatic N) is 1. The minimum absolute atomic E-state index is 0.0303. The van der Waals surface area contributed by atoms with Crippen molar-refractivity contribution in [3.63, 3.8) is 0 Å². The maximum atomic E-state index is 12.2. The van der Waals surface area contributed by atoms with Crippen molar-refractivity contribution < 1.29 is 9.59 Å². The van der Waals surface area contributed by atoms with Crippen molar-refractivity contribution in [1.82, 2.24) is 10.2 Å². The molecule has 0 aromatic carbocycles. The summed E-state index contributed by atoms with van der Waals surface area (Å²) in [5.41, 5.74) is -0.0383. The van der Waals surface area contributed by atoms with Crippen LogP contribution < -0.4 is 5.32 Å². The van der Waals surface area contributed by atoms with Gasteiger partial charge in [0.1, 0.15) is 6.04 Å². The van der Waals surface area contributed by atoms with Gasteiger partial charge in [-0.05, 0) is 19.3 Å². The van der Waals surface area contributed by atoms with E-state index in [1.54, 1.807) is 16.7 Å². The molecule has 1 aliphatic heterocycles. The van der Waals surface area contributed by atoms with Gasteiger partial charge in [0, 0.05) is 18.2 Å². The van der Waals surface area contributed by atoms with Crippen LogP contribution in [0.4, 0.5) is 0 Å². The summed E-state index contributed by atoms with van der Waals surface area (Å²) in [7, 11) is 0. The largest absolute Gasteiger partial charge is 0.352 e. The standard InChI is InChI=1S/C13H24N2O2S/c1-9(2)14-12(17)10-7-18-8-15(10)11(16)6-13(3,4)5/h9-10H,6-8H2,1-5H3,(H,14,17)/t10-/m0/s1. The first-order valence-corrected chi connectivity index (χ1v) is 7.54. The van der Waals surface area contributed by atoms with E-state index in [2.05, 4.69) is 5.32 Å². The van der Waals surface area contributed by atoms with Crippen molar-refractivity contribution in [1.29, 1.82) is 0 Å². The fourth-order valence-corrected chi connectivity index (χ4v) is 3.02. The van der Waals surface area contributed by atoms with Gasteiger partial charge < -0.3 is 10.2 Å². The van der Waals surface area contributed by atoms with Crippen LogP contribution in [0.3, 0.4) is 0 Å². The molecule has 1 aliphatic rings. The van der Waals surface area contributed by atoms with E-state index in [1.165, 1.54) is 0 Å². The van der Waals surface area contributed by atoms with Crippen LogP contribution >= 0.6 is 11.8 Å². The van der Waals surface area contributed by atoms with Gasteiger partial charge in [-0.2, -0.15) is 0 Å². The van der Waals surface area contributed by atoms with Crippen LogP contribution in [0.25, 0.3) is 0 Å². The highest BCUT2D eigenvalue weighted by molar-refractivity contribution is 7.99. The summed E-state index contributed by atoms with van der Waals surface area (Å²) in [6.07, 6.45) is 0.485. The molecule has 0 aliphatic carbocycles. The third kappa shape index (κ3) is 4.52. The molecule has 1 saturated heterocycles. The lowest BCUT2D eigenvalue weighted by molar-refractivity contribution is -0.139. The average molecular weight is 272 g/mol. The average Bonchev–Trinajstić information content (AvgIpc) is 2.61. The van der Waals surface area contributed by atoms with E-state index in [9.17, 15) is 9.59 Å².